The Morgan fingerprint density at radius 1 is 1.03 bits per heavy atom. The molecule has 30 heavy (non-hydrogen) atoms. The average Bonchev–Trinajstić information content (AvgIpc) is 3.01. The Labute approximate surface area is 172 Å². The summed E-state index contributed by atoms with van der Waals surface area (Å²) in [6.45, 7) is 1.70. The van der Waals surface area contributed by atoms with Crippen LogP contribution in [0.15, 0.2) is 48.5 Å². The maximum Gasteiger partial charge on any atom is 0.350 e. The Bertz CT molecular complexity index is 1100. The molecule has 0 saturated heterocycles. The van der Waals surface area contributed by atoms with Gasteiger partial charge in [-0.2, -0.15) is 0 Å². The van der Waals surface area contributed by atoms with Crippen LogP contribution in [-0.2, 0) is 13.5 Å². The normalized spacial score (nSPS) is 12.2. The van der Waals surface area contributed by atoms with Crippen LogP contribution in [0.4, 0.5) is 11.5 Å². The topological polar surface area (TPSA) is 124 Å². The number of nitro groups is 2. The highest BCUT2D eigenvalue weighted by atomic mass is 16.6. The second-order valence-electron chi connectivity index (χ2n) is 6.83. The van der Waals surface area contributed by atoms with E-state index in [1.165, 1.54) is 16.7 Å². The number of aliphatic hydroxyl groups is 1. The molecule has 0 bridgehead atoms. The molecule has 3 rings (SSSR count). The molecule has 1 unspecified atom stereocenters. The molecule has 0 radical (unpaired) electrons. The van der Waals surface area contributed by atoms with Crippen molar-refractivity contribution in [3.05, 3.63) is 97.0 Å². The lowest BCUT2D eigenvalue weighted by Crippen LogP contribution is -2.02. The first kappa shape index (κ1) is 20.9. The molecule has 3 aromatic rings. The van der Waals surface area contributed by atoms with Crippen molar-refractivity contribution in [2.24, 2.45) is 7.05 Å². The van der Waals surface area contributed by atoms with Gasteiger partial charge >= 0.3 is 5.82 Å². The number of nitro benzene ring substituents is 1. The van der Waals surface area contributed by atoms with Crippen LogP contribution in [0.5, 0.6) is 0 Å². The minimum absolute atomic E-state index is 0.0228. The summed E-state index contributed by atoms with van der Waals surface area (Å²) in [5.41, 5.74) is 2.59. The van der Waals surface area contributed by atoms with Gasteiger partial charge < -0.3 is 15.2 Å². The van der Waals surface area contributed by atoms with Crippen molar-refractivity contribution in [2.75, 3.05) is 0 Å². The summed E-state index contributed by atoms with van der Waals surface area (Å²) in [5, 5.41) is 32.3. The Hall–Kier alpha value is -3.85. The van der Waals surface area contributed by atoms with Crippen molar-refractivity contribution in [1.82, 2.24) is 9.55 Å². The average molecular weight is 408 g/mol. The van der Waals surface area contributed by atoms with E-state index >= 15 is 0 Å². The van der Waals surface area contributed by atoms with Crippen LogP contribution in [-0.4, -0.2) is 24.5 Å². The smallest absolute Gasteiger partial charge is 0.350 e. The van der Waals surface area contributed by atoms with E-state index in [2.05, 4.69) is 4.98 Å². The zero-order chi connectivity index (χ0) is 21.8. The molecule has 0 spiro atoms. The van der Waals surface area contributed by atoms with Gasteiger partial charge in [-0.3, -0.25) is 10.1 Å². The summed E-state index contributed by atoms with van der Waals surface area (Å²) in [6.07, 6.45) is 2.91. The highest BCUT2D eigenvalue weighted by Gasteiger charge is 2.20. The van der Waals surface area contributed by atoms with Crippen LogP contribution in [0.3, 0.4) is 0 Å². The van der Waals surface area contributed by atoms with Crippen molar-refractivity contribution in [2.45, 2.75) is 19.4 Å². The number of benzene rings is 2. The van der Waals surface area contributed by atoms with Gasteiger partial charge in [0.05, 0.1) is 18.1 Å². The Morgan fingerprint density at radius 2 is 1.67 bits per heavy atom. The number of imidazole rings is 1. The lowest BCUT2D eigenvalue weighted by molar-refractivity contribution is -0.392. The van der Waals surface area contributed by atoms with Gasteiger partial charge in [-0.25, -0.2) is 9.55 Å². The van der Waals surface area contributed by atoms with Crippen LogP contribution in [0.25, 0.3) is 12.2 Å². The van der Waals surface area contributed by atoms with Crippen molar-refractivity contribution in [1.29, 1.82) is 0 Å². The third-order valence-corrected chi connectivity index (χ3v) is 4.82. The minimum atomic E-state index is -0.786. The van der Waals surface area contributed by atoms with E-state index in [1.807, 2.05) is 24.3 Å². The van der Waals surface area contributed by atoms with Crippen LogP contribution in [0, 0.1) is 27.2 Å². The molecule has 0 saturated carbocycles. The molecule has 2 aromatic carbocycles. The van der Waals surface area contributed by atoms with Crippen LogP contribution < -0.4 is 0 Å². The Morgan fingerprint density at radius 3 is 2.23 bits per heavy atom. The second kappa shape index (κ2) is 8.66. The summed E-state index contributed by atoms with van der Waals surface area (Å²) in [4.78, 5) is 25.2. The fraction of sp³-hybridized carbons (Fsp3) is 0.190. The first-order valence-corrected chi connectivity index (χ1v) is 9.13. The molecule has 1 aromatic heterocycles. The van der Waals surface area contributed by atoms with E-state index in [1.54, 1.807) is 38.3 Å². The molecule has 0 fully saturated rings. The number of nitrogens with zero attached hydrogens (tertiary/aromatic N) is 4. The van der Waals surface area contributed by atoms with E-state index in [0.29, 0.717) is 17.8 Å². The first-order chi connectivity index (χ1) is 14.3. The van der Waals surface area contributed by atoms with Crippen molar-refractivity contribution in [3.8, 4) is 0 Å². The molecular formula is C21H20N4O5. The number of hydrogen-bond donors (Lipinski definition) is 1. The molecule has 0 aliphatic carbocycles. The summed E-state index contributed by atoms with van der Waals surface area (Å²) in [5.74, 6) is 0.489. The fourth-order valence-electron chi connectivity index (χ4n) is 3.05. The number of hydrogen-bond acceptors (Lipinski definition) is 6. The van der Waals surface area contributed by atoms with E-state index in [9.17, 15) is 25.3 Å². The quantitative estimate of drug-likeness (QED) is 0.465. The third-order valence-electron chi connectivity index (χ3n) is 4.82. The molecule has 1 atom stereocenters. The molecule has 9 heteroatoms. The van der Waals surface area contributed by atoms with E-state index in [-0.39, 0.29) is 17.2 Å². The summed E-state index contributed by atoms with van der Waals surface area (Å²) < 4.78 is 1.43. The highest BCUT2D eigenvalue weighted by molar-refractivity contribution is 5.71. The van der Waals surface area contributed by atoms with Gasteiger partial charge in [0.1, 0.15) is 0 Å². The van der Waals surface area contributed by atoms with Gasteiger partial charge in [0, 0.05) is 25.5 Å². The van der Waals surface area contributed by atoms with Crippen molar-refractivity contribution < 1.29 is 15.0 Å². The number of aryl methyl sites for hydroxylation is 1. The monoisotopic (exact) mass is 408 g/mol. The van der Waals surface area contributed by atoms with Gasteiger partial charge in [-0.05, 0) is 39.8 Å². The lowest BCUT2D eigenvalue weighted by atomic mass is 10.00. The fourth-order valence-corrected chi connectivity index (χ4v) is 3.05. The maximum atomic E-state index is 11.2. The summed E-state index contributed by atoms with van der Waals surface area (Å²) >= 11 is 0. The predicted octanol–water partition coefficient (Wildman–Crippen LogP) is 3.99. The minimum Gasteiger partial charge on any atom is -0.388 e. The van der Waals surface area contributed by atoms with E-state index in [4.69, 9.17) is 0 Å². The predicted molar refractivity (Wildman–Crippen MR) is 112 cm³/mol. The number of aromatic nitrogens is 2. The molecule has 0 amide bonds. The third kappa shape index (κ3) is 4.58. The van der Waals surface area contributed by atoms with Crippen LogP contribution in [0.1, 0.15) is 34.3 Å². The van der Waals surface area contributed by atoms with Crippen molar-refractivity contribution in [3.63, 3.8) is 0 Å². The van der Waals surface area contributed by atoms with Gasteiger partial charge in [0.15, 0.2) is 11.5 Å². The maximum absolute atomic E-state index is 11.2. The van der Waals surface area contributed by atoms with Gasteiger partial charge in [0.25, 0.3) is 5.69 Å². The standard InChI is InChI=1S/C21H20N4O5/c1-14-22-19(21(23(14)2)25(29)30)12-7-15-3-5-16(6-4-15)13-20(26)17-8-10-18(11-9-17)24(27)28/h3-12,20,26H,13H2,1-2H3/b12-7+. The van der Waals surface area contributed by atoms with Crippen LogP contribution >= 0.6 is 0 Å². The Balaban J connectivity index is 1.69. The Kier molecular flexibility index (Phi) is 6.03. The molecule has 0 aliphatic heterocycles. The van der Waals surface area contributed by atoms with Crippen LogP contribution in [0.2, 0.25) is 0 Å². The molecular weight excluding hydrogens is 388 g/mol. The van der Waals surface area contributed by atoms with Crippen molar-refractivity contribution >= 4 is 23.7 Å². The molecule has 1 heterocycles. The molecule has 0 aliphatic rings. The largest absolute Gasteiger partial charge is 0.388 e. The van der Waals surface area contributed by atoms with Gasteiger partial charge in [0.2, 0.25) is 0 Å². The molecule has 9 nitrogen and oxygen atoms in total. The lowest BCUT2D eigenvalue weighted by Gasteiger charge is -2.11. The highest BCUT2D eigenvalue weighted by Crippen LogP contribution is 2.23. The molecule has 1 N–H and O–H groups in total. The summed E-state index contributed by atoms with van der Waals surface area (Å²) in [6, 6.07) is 13.2. The van der Waals surface area contributed by atoms with E-state index < -0.39 is 16.0 Å². The number of rotatable bonds is 7. The zero-order valence-corrected chi connectivity index (χ0v) is 16.4. The summed E-state index contributed by atoms with van der Waals surface area (Å²) in [7, 11) is 1.60. The molecule has 154 valence electrons. The zero-order valence-electron chi connectivity index (χ0n) is 16.4. The number of aliphatic hydroxyl groups excluding tert-OH is 1. The SMILES string of the molecule is Cc1nc(/C=C/c2ccc(CC(O)c3ccc([N+](=O)[O-])cc3)cc2)c([N+](=O)[O-])n1C. The van der Waals surface area contributed by atoms with Gasteiger partial charge in [-0.15, -0.1) is 0 Å². The van der Waals surface area contributed by atoms with E-state index in [0.717, 1.165) is 11.1 Å². The van der Waals surface area contributed by atoms with Gasteiger partial charge in [-0.1, -0.05) is 30.3 Å². The number of non-ortho nitro benzene ring substituents is 1. The first-order valence-electron chi connectivity index (χ1n) is 9.13. The second-order valence-corrected chi connectivity index (χ2v) is 6.83.